The molecule has 0 aliphatic carbocycles. The van der Waals surface area contributed by atoms with Crippen LogP contribution in [-0.2, 0) is 0 Å². The number of allylic oxidation sites excluding steroid dienone is 4. The fourth-order valence-corrected chi connectivity index (χ4v) is 7.01. The minimum absolute atomic E-state index is 0.558. The van der Waals surface area contributed by atoms with Gasteiger partial charge in [0.1, 0.15) is 0 Å². The summed E-state index contributed by atoms with van der Waals surface area (Å²) in [4.78, 5) is 0. The fraction of sp³-hybridized carbons (Fsp3) is 0.765. The van der Waals surface area contributed by atoms with E-state index in [-0.39, 0.29) is 0 Å². The van der Waals surface area contributed by atoms with Gasteiger partial charge in [-0.15, -0.1) is 0 Å². The van der Waals surface area contributed by atoms with Gasteiger partial charge in [0.2, 0.25) is 0 Å². The lowest BCUT2D eigenvalue weighted by molar-refractivity contribution is 0.418. The Bertz CT molecular complexity index is 287. The van der Waals surface area contributed by atoms with Gasteiger partial charge in [-0.3, -0.25) is 0 Å². The summed E-state index contributed by atoms with van der Waals surface area (Å²) in [5, 5.41) is 0.558. The second-order valence-corrected chi connectivity index (χ2v) is 12.1. The van der Waals surface area contributed by atoms with Crippen molar-refractivity contribution in [3.63, 3.8) is 0 Å². The molecule has 1 aliphatic rings. The Kier molecular flexibility index (Phi) is 5.90. The molecule has 18 heavy (non-hydrogen) atoms. The molecule has 1 saturated heterocycles. The fourth-order valence-electron chi connectivity index (χ4n) is 3.36. The van der Waals surface area contributed by atoms with Gasteiger partial charge in [-0.05, 0) is 30.2 Å². The molecule has 1 rings (SSSR count). The lowest BCUT2D eigenvalue weighted by Crippen LogP contribution is -2.46. The molecule has 0 amide bonds. The first-order chi connectivity index (χ1) is 8.48. The third kappa shape index (κ3) is 3.37. The largest absolute Gasteiger partial charge is 0.0882 e. The zero-order valence-corrected chi connectivity index (χ0v) is 14.1. The van der Waals surface area contributed by atoms with Crippen LogP contribution in [0.3, 0.4) is 0 Å². The van der Waals surface area contributed by atoms with Crippen LogP contribution in [-0.4, -0.2) is 8.07 Å². The van der Waals surface area contributed by atoms with Crippen molar-refractivity contribution in [2.75, 3.05) is 0 Å². The lowest BCUT2D eigenvalue weighted by atomic mass is 9.86. The number of hydrogen-bond acceptors (Lipinski definition) is 0. The van der Waals surface area contributed by atoms with Gasteiger partial charge in [-0.25, -0.2) is 0 Å². The Morgan fingerprint density at radius 3 is 2.06 bits per heavy atom. The van der Waals surface area contributed by atoms with E-state index in [0.29, 0.717) is 11.0 Å². The molecule has 0 aromatic carbocycles. The van der Waals surface area contributed by atoms with Gasteiger partial charge in [-0.1, -0.05) is 77.1 Å². The molecule has 1 unspecified atom stereocenters. The summed E-state index contributed by atoms with van der Waals surface area (Å²) in [7, 11) is -1.11. The van der Waals surface area contributed by atoms with Crippen LogP contribution >= 0.6 is 0 Å². The molecular weight excluding hydrogens is 232 g/mol. The summed E-state index contributed by atoms with van der Waals surface area (Å²) in [6.07, 6.45) is 16.4. The molecule has 1 heterocycles. The summed E-state index contributed by atoms with van der Waals surface area (Å²) in [5.74, 6) is 0.666. The average Bonchev–Trinajstić information content (AvgIpc) is 2.33. The molecule has 0 bridgehead atoms. The van der Waals surface area contributed by atoms with Crippen molar-refractivity contribution in [2.45, 2.75) is 77.1 Å². The van der Waals surface area contributed by atoms with E-state index in [0.717, 1.165) is 12.8 Å². The molecule has 1 fully saturated rings. The van der Waals surface area contributed by atoms with Crippen LogP contribution in [0.1, 0.15) is 52.9 Å². The maximum atomic E-state index is 2.61. The Labute approximate surface area is 116 Å². The first-order valence-corrected chi connectivity index (χ1v) is 11.0. The van der Waals surface area contributed by atoms with Crippen molar-refractivity contribution < 1.29 is 0 Å². The molecule has 0 radical (unpaired) electrons. The third-order valence-electron chi connectivity index (χ3n) is 5.19. The highest BCUT2D eigenvalue weighted by Crippen LogP contribution is 2.55. The molecular formula is C17H32Si. The van der Waals surface area contributed by atoms with E-state index in [1.54, 1.807) is 0 Å². The van der Waals surface area contributed by atoms with E-state index in [4.69, 9.17) is 0 Å². The number of rotatable bonds is 5. The van der Waals surface area contributed by atoms with Gasteiger partial charge in [-0.2, -0.15) is 0 Å². The minimum Gasteiger partial charge on any atom is -0.0882 e. The molecule has 1 atom stereocenters. The molecule has 1 heteroatoms. The van der Waals surface area contributed by atoms with E-state index in [1.807, 2.05) is 0 Å². The van der Waals surface area contributed by atoms with Crippen LogP contribution in [0.2, 0.25) is 24.2 Å². The highest BCUT2D eigenvalue weighted by atomic mass is 28.3. The van der Waals surface area contributed by atoms with Gasteiger partial charge in [0.05, 0.1) is 8.07 Å². The molecule has 104 valence electrons. The highest BCUT2D eigenvalue weighted by Gasteiger charge is 2.47. The third-order valence-corrected chi connectivity index (χ3v) is 10.5. The van der Waals surface area contributed by atoms with Gasteiger partial charge in [0, 0.05) is 0 Å². The zero-order chi connectivity index (χ0) is 13.6. The SMILES string of the molecule is CC/C=C/C(/C=C/CC)C1(C)CCCC[Si]1(C)C. The highest BCUT2D eigenvalue weighted by molar-refractivity contribution is 6.80. The van der Waals surface area contributed by atoms with Crippen molar-refractivity contribution in [1.29, 1.82) is 0 Å². The Balaban J connectivity index is 3.00. The summed E-state index contributed by atoms with van der Waals surface area (Å²) in [5.41, 5.74) is 0. The van der Waals surface area contributed by atoms with Crippen LogP contribution in [0.5, 0.6) is 0 Å². The summed E-state index contributed by atoms with van der Waals surface area (Å²) in [6.45, 7) is 12.3. The van der Waals surface area contributed by atoms with Crippen LogP contribution < -0.4 is 0 Å². The number of hydrogen-bond donors (Lipinski definition) is 0. The summed E-state index contributed by atoms with van der Waals surface area (Å²) in [6, 6.07) is 1.51. The van der Waals surface area contributed by atoms with Crippen molar-refractivity contribution in [3.05, 3.63) is 24.3 Å². The van der Waals surface area contributed by atoms with E-state index < -0.39 is 8.07 Å². The van der Waals surface area contributed by atoms with E-state index in [9.17, 15) is 0 Å². The maximum absolute atomic E-state index is 2.61. The van der Waals surface area contributed by atoms with Crippen LogP contribution in [0.15, 0.2) is 24.3 Å². The van der Waals surface area contributed by atoms with Crippen LogP contribution in [0.4, 0.5) is 0 Å². The molecule has 0 spiro atoms. The van der Waals surface area contributed by atoms with Crippen molar-refractivity contribution in [3.8, 4) is 0 Å². The van der Waals surface area contributed by atoms with Gasteiger partial charge < -0.3 is 0 Å². The standard InChI is InChI=1S/C17H32Si/c1-6-8-12-16(13-9-7-2)17(3)14-10-11-15-18(17,4)5/h8-9,12-13,16H,6-7,10-11,14-15H2,1-5H3/b12-8+,13-9+. The molecule has 0 N–H and O–H groups in total. The molecule has 0 aromatic heterocycles. The van der Waals surface area contributed by atoms with E-state index in [1.165, 1.54) is 25.3 Å². The minimum atomic E-state index is -1.11. The molecule has 0 saturated carbocycles. The zero-order valence-electron chi connectivity index (χ0n) is 13.1. The Morgan fingerprint density at radius 2 is 1.61 bits per heavy atom. The molecule has 0 aromatic rings. The molecule has 0 nitrogen and oxygen atoms in total. The van der Waals surface area contributed by atoms with Gasteiger partial charge in [0.25, 0.3) is 0 Å². The lowest BCUT2D eigenvalue weighted by Gasteiger charge is -2.50. The monoisotopic (exact) mass is 264 g/mol. The topological polar surface area (TPSA) is 0 Å². The first kappa shape index (κ1) is 15.8. The normalized spacial score (nSPS) is 28.6. The van der Waals surface area contributed by atoms with Gasteiger partial charge in [0.15, 0.2) is 0 Å². The average molecular weight is 265 g/mol. The summed E-state index contributed by atoms with van der Waals surface area (Å²) < 4.78 is 0. The van der Waals surface area contributed by atoms with Crippen molar-refractivity contribution in [1.82, 2.24) is 0 Å². The second-order valence-electron chi connectivity index (χ2n) is 6.71. The smallest absolute Gasteiger partial charge is 0.0543 e. The Hall–Kier alpha value is -0.303. The molecule has 1 aliphatic heterocycles. The first-order valence-electron chi connectivity index (χ1n) is 7.81. The van der Waals surface area contributed by atoms with Crippen molar-refractivity contribution >= 4 is 8.07 Å². The van der Waals surface area contributed by atoms with Crippen molar-refractivity contribution in [2.24, 2.45) is 5.92 Å². The Morgan fingerprint density at radius 1 is 1.06 bits per heavy atom. The van der Waals surface area contributed by atoms with Gasteiger partial charge >= 0.3 is 0 Å². The van der Waals surface area contributed by atoms with Crippen LogP contribution in [0, 0.1) is 5.92 Å². The quantitative estimate of drug-likeness (QED) is 0.410. The predicted molar refractivity (Wildman–Crippen MR) is 86.9 cm³/mol. The summed E-state index contributed by atoms with van der Waals surface area (Å²) >= 11 is 0. The van der Waals surface area contributed by atoms with E-state index >= 15 is 0 Å². The maximum Gasteiger partial charge on any atom is 0.0543 e. The van der Waals surface area contributed by atoms with E-state index in [2.05, 4.69) is 58.2 Å². The van der Waals surface area contributed by atoms with Crippen LogP contribution in [0.25, 0.3) is 0 Å². The second kappa shape index (κ2) is 6.74. The predicted octanol–water partition coefficient (Wildman–Crippen LogP) is 6.19.